The van der Waals surface area contributed by atoms with Gasteiger partial charge in [0.05, 0.1) is 29.1 Å². The summed E-state index contributed by atoms with van der Waals surface area (Å²) < 4.78 is 54.1. The largest absolute Gasteiger partial charge is 0.462 e. The first-order valence-electron chi connectivity index (χ1n) is 5.73. The van der Waals surface area contributed by atoms with E-state index in [2.05, 4.69) is 9.84 Å². The number of hydrogen-bond acceptors (Lipinski definition) is 5. The molecule has 0 aromatic heterocycles. The number of Topliss-reactive ketones (excluding diaryl/α,β-unsaturated/α-hetero) is 1. The van der Waals surface area contributed by atoms with Gasteiger partial charge in [-0.15, -0.1) is 0 Å². The molecule has 0 aliphatic heterocycles. The minimum absolute atomic E-state index is 0.0491. The number of ether oxygens (including phenoxy) is 1. The number of hydrazone groups is 1. The maximum absolute atomic E-state index is 13.6. The van der Waals surface area contributed by atoms with E-state index in [1.54, 1.807) is 6.92 Å². The molecule has 0 fully saturated rings. The molecular weight excluding hydrogens is 332 g/mol. The van der Waals surface area contributed by atoms with Crippen molar-refractivity contribution in [3.63, 3.8) is 0 Å². The maximum atomic E-state index is 13.6. The lowest BCUT2D eigenvalue weighted by molar-refractivity contribution is -0.162. The standard InChI is InChI=1S/C12H9ClF4N2O3/c1-2-22-11(21)6-3-9(8(14)4-7(6)13)19-18-5-10(20)12(15,16)17/h3-5,19H,2H2,1H3/b18-5+. The van der Waals surface area contributed by atoms with Gasteiger partial charge < -0.3 is 4.74 Å². The number of nitrogens with zero attached hydrogens (tertiary/aromatic N) is 1. The summed E-state index contributed by atoms with van der Waals surface area (Å²) >= 11 is 5.67. The highest BCUT2D eigenvalue weighted by Crippen LogP contribution is 2.25. The molecule has 0 unspecified atom stereocenters. The number of hydrogen-bond donors (Lipinski definition) is 1. The smallest absolute Gasteiger partial charge is 0.455 e. The fourth-order valence-corrected chi connectivity index (χ4v) is 1.46. The second-order valence-electron chi connectivity index (χ2n) is 3.76. The first-order valence-corrected chi connectivity index (χ1v) is 6.11. The molecule has 0 aliphatic carbocycles. The van der Waals surface area contributed by atoms with Gasteiger partial charge in [0.15, 0.2) is 0 Å². The lowest BCUT2D eigenvalue weighted by atomic mass is 10.2. The van der Waals surface area contributed by atoms with Crippen molar-refractivity contribution in [3.8, 4) is 0 Å². The third kappa shape index (κ3) is 4.69. The molecule has 0 heterocycles. The normalized spacial score (nSPS) is 11.5. The Balaban J connectivity index is 2.96. The van der Waals surface area contributed by atoms with E-state index >= 15 is 0 Å². The molecule has 1 rings (SSSR count). The summed E-state index contributed by atoms with van der Waals surface area (Å²) in [4.78, 5) is 22.1. The van der Waals surface area contributed by atoms with Crippen molar-refractivity contribution in [3.05, 3.63) is 28.5 Å². The van der Waals surface area contributed by atoms with Crippen molar-refractivity contribution >= 4 is 35.3 Å². The van der Waals surface area contributed by atoms with Gasteiger partial charge in [0.25, 0.3) is 5.78 Å². The van der Waals surface area contributed by atoms with Crippen LogP contribution in [0.1, 0.15) is 17.3 Å². The Morgan fingerprint density at radius 2 is 2.05 bits per heavy atom. The molecule has 10 heteroatoms. The second-order valence-corrected chi connectivity index (χ2v) is 4.17. The van der Waals surface area contributed by atoms with E-state index in [4.69, 9.17) is 11.6 Å². The molecule has 0 saturated heterocycles. The molecule has 0 atom stereocenters. The number of halogens is 5. The summed E-state index contributed by atoms with van der Waals surface area (Å²) in [6.07, 6.45) is -5.14. The van der Waals surface area contributed by atoms with E-state index in [0.717, 1.165) is 12.1 Å². The minimum atomic E-state index is -5.08. The second kappa shape index (κ2) is 7.21. The van der Waals surface area contributed by atoms with Gasteiger partial charge in [0, 0.05) is 0 Å². The zero-order chi connectivity index (χ0) is 16.9. The molecule has 1 N–H and O–H groups in total. The highest BCUT2D eigenvalue weighted by Gasteiger charge is 2.36. The predicted octanol–water partition coefficient (Wildman–Crippen LogP) is 3.18. The Kier molecular flexibility index (Phi) is 5.86. The predicted molar refractivity (Wildman–Crippen MR) is 70.5 cm³/mol. The van der Waals surface area contributed by atoms with E-state index in [-0.39, 0.29) is 23.4 Å². The number of carbonyl (C=O) groups excluding carboxylic acids is 2. The molecule has 0 amide bonds. The first kappa shape index (κ1) is 17.9. The lowest BCUT2D eigenvalue weighted by Gasteiger charge is -2.08. The van der Waals surface area contributed by atoms with E-state index in [0.29, 0.717) is 0 Å². The Morgan fingerprint density at radius 1 is 1.41 bits per heavy atom. The van der Waals surface area contributed by atoms with Crippen molar-refractivity contribution in [1.29, 1.82) is 0 Å². The summed E-state index contributed by atoms with van der Waals surface area (Å²) in [5.74, 6) is -4.04. The quantitative estimate of drug-likeness (QED) is 0.387. The Bertz CT molecular complexity index is 617. The van der Waals surface area contributed by atoms with Crippen LogP contribution >= 0.6 is 11.6 Å². The Labute approximate surface area is 126 Å². The number of alkyl halides is 3. The van der Waals surface area contributed by atoms with E-state index < -0.39 is 29.4 Å². The zero-order valence-corrected chi connectivity index (χ0v) is 11.8. The van der Waals surface area contributed by atoms with Gasteiger partial charge in [-0.3, -0.25) is 10.2 Å². The number of esters is 1. The molecule has 1 aromatic carbocycles. The van der Waals surface area contributed by atoms with Crippen LogP contribution in [0.25, 0.3) is 0 Å². The fraction of sp³-hybridized carbons (Fsp3) is 0.250. The lowest BCUT2D eigenvalue weighted by Crippen LogP contribution is -2.24. The van der Waals surface area contributed by atoms with Crippen LogP contribution in [0, 0.1) is 5.82 Å². The van der Waals surface area contributed by atoms with Crippen molar-refractivity contribution < 1.29 is 31.9 Å². The molecule has 0 saturated carbocycles. The van der Waals surface area contributed by atoms with E-state index in [9.17, 15) is 27.2 Å². The molecule has 0 aliphatic rings. The number of nitrogens with one attached hydrogen (secondary N) is 1. The minimum Gasteiger partial charge on any atom is -0.462 e. The zero-order valence-electron chi connectivity index (χ0n) is 11.0. The fourth-order valence-electron chi connectivity index (χ4n) is 1.23. The summed E-state index contributed by atoms with van der Waals surface area (Å²) in [7, 11) is 0. The average Bonchev–Trinajstić information content (AvgIpc) is 2.40. The van der Waals surface area contributed by atoms with Crippen LogP contribution in [-0.4, -0.2) is 30.8 Å². The van der Waals surface area contributed by atoms with Gasteiger partial charge in [0.1, 0.15) is 5.82 Å². The number of anilines is 1. The highest BCUT2D eigenvalue weighted by atomic mass is 35.5. The molecule has 120 valence electrons. The highest BCUT2D eigenvalue weighted by molar-refractivity contribution is 6.33. The van der Waals surface area contributed by atoms with Gasteiger partial charge in [-0.05, 0) is 19.1 Å². The van der Waals surface area contributed by atoms with Crippen molar-refractivity contribution in [1.82, 2.24) is 0 Å². The van der Waals surface area contributed by atoms with Crippen LogP contribution in [-0.2, 0) is 9.53 Å². The molecule has 0 bridgehead atoms. The molecular formula is C12H9ClF4N2O3. The number of benzene rings is 1. The Hall–Kier alpha value is -2.16. The van der Waals surface area contributed by atoms with Gasteiger partial charge in [-0.1, -0.05) is 11.6 Å². The number of rotatable bonds is 5. The van der Waals surface area contributed by atoms with Crippen LogP contribution in [0.15, 0.2) is 17.2 Å². The van der Waals surface area contributed by atoms with Gasteiger partial charge in [-0.25, -0.2) is 9.18 Å². The number of carbonyl (C=O) groups is 2. The number of ketones is 1. The third-order valence-electron chi connectivity index (χ3n) is 2.20. The molecule has 0 radical (unpaired) electrons. The van der Waals surface area contributed by atoms with Crippen LogP contribution < -0.4 is 5.43 Å². The topological polar surface area (TPSA) is 67.8 Å². The molecule has 22 heavy (non-hydrogen) atoms. The van der Waals surface area contributed by atoms with Crippen molar-refractivity contribution in [2.45, 2.75) is 13.1 Å². The van der Waals surface area contributed by atoms with Crippen LogP contribution in [0.5, 0.6) is 0 Å². The summed E-state index contributed by atoms with van der Waals surface area (Å²) in [5, 5.41) is 2.73. The van der Waals surface area contributed by atoms with Gasteiger partial charge in [0.2, 0.25) is 0 Å². The summed E-state index contributed by atoms with van der Waals surface area (Å²) in [6.45, 7) is 1.59. The van der Waals surface area contributed by atoms with Crippen LogP contribution in [0.4, 0.5) is 23.2 Å². The van der Waals surface area contributed by atoms with Gasteiger partial charge >= 0.3 is 12.1 Å². The van der Waals surface area contributed by atoms with Crippen LogP contribution in [0.3, 0.4) is 0 Å². The van der Waals surface area contributed by atoms with Crippen LogP contribution in [0.2, 0.25) is 5.02 Å². The maximum Gasteiger partial charge on any atom is 0.455 e. The third-order valence-corrected chi connectivity index (χ3v) is 2.51. The van der Waals surface area contributed by atoms with Crippen molar-refractivity contribution in [2.75, 3.05) is 12.0 Å². The van der Waals surface area contributed by atoms with Gasteiger partial charge in [-0.2, -0.15) is 18.3 Å². The van der Waals surface area contributed by atoms with E-state index in [1.807, 2.05) is 5.43 Å². The summed E-state index contributed by atoms with van der Waals surface area (Å²) in [5.41, 5.74) is 1.24. The van der Waals surface area contributed by atoms with E-state index in [1.165, 1.54) is 0 Å². The Morgan fingerprint density at radius 3 is 2.59 bits per heavy atom. The molecule has 0 spiro atoms. The monoisotopic (exact) mass is 340 g/mol. The average molecular weight is 341 g/mol. The molecule has 5 nitrogen and oxygen atoms in total. The first-order chi connectivity index (χ1) is 10.2. The van der Waals surface area contributed by atoms with Crippen molar-refractivity contribution in [2.24, 2.45) is 5.10 Å². The summed E-state index contributed by atoms with van der Waals surface area (Å²) in [6, 6.07) is 1.67. The SMILES string of the molecule is CCOC(=O)c1cc(N/N=C/C(=O)C(F)(F)F)c(F)cc1Cl. The molecule has 1 aromatic rings.